The van der Waals surface area contributed by atoms with Gasteiger partial charge < -0.3 is 10.2 Å². The van der Waals surface area contributed by atoms with Gasteiger partial charge in [0.2, 0.25) is 5.91 Å². The quantitative estimate of drug-likeness (QED) is 0.901. The minimum Gasteiger partial charge on any atom is -0.351 e. The van der Waals surface area contributed by atoms with E-state index in [2.05, 4.69) is 21.2 Å². The number of carbonyl (C=O) groups is 2. The highest BCUT2D eigenvalue weighted by molar-refractivity contribution is 9.10. The largest absolute Gasteiger partial charge is 0.351 e. The van der Waals surface area contributed by atoms with Crippen LogP contribution in [-0.2, 0) is 4.79 Å². The summed E-state index contributed by atoms with van der Waals surface area (Å²) in [5.74, 6) is -0.783. The Bertz CT molecular complexity index is 530. The summed E-state index contributed by atoms with van der Waals surface area (Å²) in [7, 11) is 0. The first-order valence-electron chi connectivity index (χ1n) is 7.09. The van der Waals surface area contributed by atoms with Crippen molar-refractivity contribution < 1.29 is 14.0 Å². The van der Waals surface area contributed by atoms with Crippen LogP contribution in [0.2, 0.25) is 0 Å². The standard InChI is InChI=1S/C15H18BrFN2O2/c16-13-5-4-11(17)10-12(13)15(21)18-7-6-14(20)19-8-2-1-3-9-19/h4-5,10H,1-3,6-9H2,(H,18,21). The van der Waals surface area contributed by atoms with Gasteiger partial charge in [-0.2, -0.15) is 0 Å². The van der Waals surface area contributed by atoms with Crippen LogP contribution in [0.25, 0.3) is 0 Å². The molecule has 0 aromatic heterocycles. The molecule has 4 nitrogen and oxygen atoms in total. The monoisotopic (exact) mass is 356 g/mol. The summed E-state index contributed by atoms with van der Waals surface area (Å²) in [5.41, 5.74) is 0.237. The number of rotatable bonds is 4. The first kappa shape index (κ1) is 15.9. The highest BCUT2D eigenvalue weighted by Gasteiger charge is 2.17. The van der Waals surface area contributed by atoms with E-state index in [1.165, 1.54) is 24.6 Å². The van der Waals surface area contributed by atoms with E-state index in [4.69, 9.17) is 0 Å². The molecule has 1 saturated heterocycles. The van der Waals surface area contributed by atoms with Gasteiger partial charge in [-0.25, -0.2) is 4.39 Å². The van der Waals surface area contributed by atoms with E-state index in [0.717, 1.165) is 25.9 Å². The molecule has 6 heteroatoms. The minimum absolute atomic E-state index is 0.0632. The molecule has 0 saturated carbocycles. The van der Waals surface area contributed by atoms with Gasteiger partial charge in [0.1, 0.15) is 5.82 Å². The van der Waals surface area contributed by atoms with Crippen LogP contribution in [0.5, 0.6) is 0 Å². The molecule has 0 radical (unpaired) electrons. The average Bonchev–Trinajstić information content (AvgIpc) is 2.50. The predicted octanol–water partition coefficient (Wildman–Crippen LogP) is 2.72. The van der Waals surface area contributed by atoms with Crippen molar-refractivity contribution in [3.05, 3.63) is 34.1 Å². The number of nitrogens with zero attached hydrogens (tertiary/aromatic N) is 1. The van der Waals surface area contributed by atoms with Crippen molar-refractivity contribution >= 4 is 27.7 Å². The number of benzene rings is 1. The Labute approximate surface area is 131 Å². The van der Waals surface area contributed by atoms with Crippen LogP contribution in [0.3, 0.4) is 0 Å². The van der Waals surface area contributed by atoms with Gasteiger partial charge in [-0.3, -0.25) is 9.59 Å². The molecule has 0 spiro atoms. The molecule has 2 rings (SSSR count). The van der Waals surface area contributed by atoms with Gasteiger partial charge in [-0.05, 0) is 53.4 Å². The van der Waals surface area contributed by atoms with Crippen molar-refractivity contribution in [2.24, 2.45) is 0 Å². The predicted molar refractivity (Wildman–Crippen MR) is 81.5 cm³/mol. The number of hydrogen-bond donors (Lipinski definition) is 1. The van der Waals surface area contributed by atoms with E-state index in [9.17, 15) is 14.0 Å². The first-order chi connectivity index (χ1) is 10.1. The lowest BCUT2D eigenvalue weighted by molar-refractivity contribution is -0.131. The fraction of sp³-hybridized carbons (Fsp3) is 0.467. The minimum atomic E-state index is -0.465. The third-order valence-corrected chi connectivity index (χ3v) is 4.20. The SMILES string of the molecule is O=C(NCCC(=O)N1CCCCC1)c1cc(F)ccc1Br. The van der Waals surface area contributed by atoms with E-state index in [0.29, 0.717) is 4.47 Å². The second kappa shape index (κ2) is 7.54. The van der Waals surface area contributed by atoms with E-state index < -0.39 is 5.82 Å². The van der Waals surface area contributed by atoms with Crippen molar-refractivity contribution in [3.63, 3.8) is 0 Å². The lowest BCUT2D eigenvalue weighted by atomic mass is 10.1. The molecule has 0 atom stereocenters. The topological polar surface area (TPSA) is 49.4 Å². The van der Waals surface area contributed by atoms with Crippen molar-refractivity contribution in [1.29, 1.82) is 0 Å². The van der Waals surface area contributed by atoms with E-state index in [-0.39, 0.29) is 30.3 Å². The molecule has 1 aliphatic heterocycles. The molecular weight excluding hydrogens is 339 g/mol. The molecule has 1 aromatic carbocycles. The molecule has 1 aromatic rings. The van der Waals surface area contributed by atoms with Gasteiger partial charge in [0.15, 0.2) is 0 Å². The normalized spacial score (nSPS) is 14.9. The maximum absolute atomic E-state index is 13.1. The number of halogens is 2. The summed E-state index contributed by atoms with van der Waals surface area (Å²) in [6, 6.07) is 3.94. The second-order valence-electron chi connectivity index (χ2n) is 5.07. The zero-order valence-electron chi connectivity index (χ0n) is 11.7. The molecular formula is C15H18BrFN2O2. The van der Waals surface area contributed by atoms with E-state index in [1.54, 1.807) is 0 Å². The van der Waals surface area contributed by atoms with Gasteiger partial charge in [-0.15, -0.1) is 0 Å². The summed E-state index contributed by atoms with van der Waals surface area (Å²) in [4.78, 5) is 25.7. The van der Waals surface area contributed by atoms with Crippen LogP contribution >= 0.6 is 15.9 Å². The van der Waals surface area contributed by atoms with Gasteiger partial charge in [0, 0.05) is 30.5 Å². The van der Waals surface area contributed by atoms with Gasteiger partial charge in [0.25, 0.3) is 5.91 Å². The summed E-state index contributed by atoms with van der Waals surface area (Å²) < 4.78 is 13.7. The average molecular weight is 357 g/mol. The molecule has 1 fully saturated rings. The fourth-order valence-corrected chi connectivity index (χ4v) is 2.78. The Morgan fingerprint density at radius 3 is 2.67 bits per heavy atom. The molecule has 21 heavy (non-hydrogen) atoms. The molecule has 0 unspecified atom stereocenters. The zero-order valence-corrected chi connectivity index (χ0v) is 13.3. The number of carbonyl (C=O) groups excluding carboxylic acids is 2. The van der Waals surface area contributed by atoms with Crippen LogP contribution < -0.4 is 5.32 Å². The van der Waals surface area contributed by atoms with Crippen LogP contribution in [0.1, 0.15) is 36.0 Å². The number of hydrogen-bond acceptors (Lipinski definition) is 2. The van der Waals surface area contributed by atoms with Crippen LogP contribution in [0.4, 0.5) is 4.39 Å². The molecule has 2 amide bonds. The Balaban J connectivity index is 1.81. The molecule has 1 heterocycles. The maximum atomic E-state index is 13.1. The summed E-state index contributed by atoms with van der Waals surface area (Å²) in [6.07, 6.45) is 3.55. The highest BCUT2D eigenvalue weighted by Crippen LogP contribution is 2.17. The number of amides is 2. The first-order valence-corrected chi connectivity index (χ1v) is 7.88. The number of likely N-dealkylation sites (tertiary alicyclic amines) is 1. The Hall–Kier alpha value is -1.43. The van der Waals surface area contributed by atoms with Gasteiger partial charge in [-0.1, -0.05) is 0 Å². The highest BCUT2D eigenvalue weighted by atomic mass is 79.9. The van der Waals surface area contributed by atoms with Crippen molar-refractivity contribution in [2.45, 2.75) is 25.7 Å². The van der Waals surface area contributed by atoms with Crippen molar-refractivity contribution in [1.82, 2.24) is 10.2 Å². The molecule has 1 N–H and O–H groups in total. The molecule has 1 aliphatic rings. The van der Waals surface area contributed by atoms with Crippen LogP contribution in [0, 0.1) is 5.82 Å². The molecule has 114 valence electrons. The zero-order chi connectivity index (χ0) is 15.2. The summed E-state index contributed by atoms with van der Waals surface area (Å²) in [5, 5.41) is 2.65. The number of piperidine rings is 1. The Kier molecular flexibility index (Phi) is 5.73. The third kappa shape index (κ3) is 4.52. The Morgan fingerprint density at radius 1 is 1.24 bits per heavy atom. The molecule has 0 bridgehead atoms. The van der Waals surface area contributed by atoms with Crippen molar-refractivity contribution in [2.75, 3.05) is 19.6 Å². The van der Waals surface area contributed by atoms with Gasteiger partial charge >= 0.3 is 0 Å². The third-order valence-electron chi connectivity index (χ3n) is 3.51. The smallest absolute Gasteiger partial charge is 0.252 e. The Morgan fingerprint density at radius 2 is 1.95 bits per heavy atom. The fourth-order valence-electron chi connectivity index (χ4n) is 2.35. The maximum Gasteiger partial charge on any atom is 0.252 e. The number of nitrogens with one attached hydrogen (secondary N) is 1. The lowest BCUT2D eigenvalue weighted by Crippen LogP contribution is -2.37. The second-order valence-corrected chi connectivity index (χ2v) is 5.93. The van der Waals surface area contributed by atoms with E-state index >= 15 is 0 Å². The summed E-state index contributed by atoms with van der Waals surface area (Å²) >= 11 is 3.21. The summed E-state index contributed by atoms with van der Waals surface area (Å²) in [6.45, 7) is 1.88. The van der Waals surface area contributed by atoms with Crippen molar-refractivity contribution in [3.8, 4) is 0 Å². The van der Waals surface area contributed by atoms with Crippen LogP contribution in [-0.4, -0.2) is 36.3 Å². The molecule has 0 aliphatic carbocycles. The lowest BCUT2D eigenvalue weighted by Gasteiger charge is -2.26. The van der Waals surface area contributed by atoms with E-state index in [1.807, 2.05) is 4.90 Å². The van der Waals surface area contributed by atoms with Crippen LogP contribution in [0.15, 0.2) is 22.7 Å². The van der Waals surface area contributed by atoms with Gasteiger partial charge in [0.05, 0.1) is 5.56 Å².